The Morgan fingerprint density at radius 3 is 2.61 bits per heavy atom. The SMILES string of the molecule is COc1cc(C=C2C(C)=C(C#N)c3nc(N)c(C#N)c(C)c32)cc(I)c1OCC(=O)O. The fraction of sp³-hybridized carbons (Fsp3) is 0.182. The van der Waals surface area contributed by atoms with Crippen LogP contribution < -0.4 is 15.2 Å². The number of halogens is 1. The molecule has 0 saturated carbocycles. The Morgan fingerprint density at radius 2 is 2.03 bits per heavy atom. The van der Waals surface area contributed by atoms with E-state index in [0.717, 1.165) is 16.7 Å². The quantitative estimate of drug-likeness (QED) is 0.559. The fourth-order valence-corrected chi connectivity index (χ4v) is 4.24. The number of carboxylic acid groups (broad SMARTS) is 1. The van der Waals surface area contributed by atoms with Crippen LogP contribution in [0, 0.1) is 33.2 Å². The van der Waals surface area contributed by atoms with Crippen LogP contribution in [0.3, 0.4) is 0 Å². The average molecular weight is 528 g/mol. The van der Waals surface area contributed by atoms with Gasteiger partial charge in [0.05, 0.1) is 27.5 Å². The number of fused-ring (bicyclic) bond motifs is 1. The van der Waals surface area contributed by atoms with Gasteiger partial charge < -0.3 is 20.3 Å². The zero-order chi connectivity index (χ0) is 22.9. The Balaban J connectivity index is 2.21. The van der Waals surface area contributed by atoms with Crippen molar-refractivity contribution in [1.82, 2.24) is 4.98 Å². The third kappa shape index (κ3) is 3.92. The maximum Gasteiger partial charge on any atom is 0.341 e. The summed E-state index contributed by atoms with van der Waals surface area (Å²) < 4.78 is 11.4. The van der Waals surface area contributed by atoms with Crippen LogP contribution in [-0.2, 0) is 4.79 Å². The van der Waals surface area contributed by atoms with Crippen molar-refractivity contribution in [3.8, 4) is 23.6 Å². The van der Waals surface area contributed by atoms with Gasteiger partial charge in [-0.2, -0.15) is 10.5 Å². The number of pyridine rings is 1. The van der Waals surface area contributed by atoms with E-state index in [2.05, 4.69) is 17.1 Å². The maximum absolute atomic E-state index is 10.9. The largest absolute Gasteiger partial charge is 0.493 e. The van der Waals surface area contributed by atoms with E-state index in [0.29, 0.717) is 37.5 Å². The molecule has 9 heteroatoms. The number of nitriles is 2. The summed E-state index contributed by atoms with van der Waals surface area (Å²) in [6, 6.07) is 7.80. The summed E-state index contributed by atoms with van der Waals surface area (Å²) in [5, 5.41) is 28.0. The number of nitrogens with zero attached hydrogens (tertiary/aromatic N) is 3. The molecule has 0 spiro atoms. The molecule has 156 valence electrons. The normalized spacial score (nSPS) is 13.5. The van der Waals surface area contributed by atoms with E-state index in [1.807, 2.05) is 41.7 Å². The predicted octanol–water partition coefficient (Wildman–Crippen LogP) is 3.77. The molecule has 0 saturated heterocycles. The molecule has 1 aromatic heterocycles. The van der Waals surface area contributed by atoms with Gasteiger partial charge in [-0.3, -0.25) is 0 Å². The Morgan fingerprint density at radius 1 is 1.32 bits per heavy atom. The van der Waals surface area contributed by atoms with E-state index >= 15 is 0 Å². The average Bonchev–Trinajstić information content (AvgIpc) is 2.97. The second-order valence-corrected chi connectivity index (χ2v) is 7.88. The van der Waals surface area contributed by atoms with E-state index < -0.39 is 12.6 Å². The Hall–Kier alpha value is -3.57. The second kappa shape index (κ2) is 8.66. The minimum absolute atomic E-state index is 0.0942. The number of nitrogen functional groups attached to an aromatic ring is 1. The maximum atomic E-state index is 10.9. The van der Waals surface area contributed by atoms with Crippen molar-refractivity contribution in [3.63, 3.8) is 0 Å². The van der Waals surface area contributed by atoms with Gasteiger partial charge in [0, 0.05) is 5.56 Å². The zero-order valence-corrected chi connectivity index (χ0v) is 19.1. The molecule has 3 rings (SSSR count). The number of aliphatic carboxylic acids is 1. The predicted molar refractivity (Wildman–Crippen MR) is 123 cm³/mol. The second-order valence-electron chi connectivity index (χ2n) is 6.72. The summed E-state index contributed by atoms with van der Waals surface area (Å²) in [4.78, 5) is 15.2. The van der Waals surface area contributed by atoms with E-state index in [9.17, 15) is 15.3 Å². The van der Waals surface area contributed by atoms with Gasteiger partial charge in [0.25, 0.3) is 0 Å². The van der Waals surface area contributed by atoms with Crippen molar-refractivity contribution >= 4 is 51.6 Å². The summed E-state index contributed by atoms with van der Waals surface area (Å²) in [6.45, 7) is 3.11. The van der Waals surface area contributed by atoms with Gasteiger partial charge in [-0.05, 0) is 76.9 Å². The van der Waals surface area contributed by atoms with Gasteiger partial charge in [0.15, 0.2) is 18.1 Å². The lowest BCUT2D eigenvalue weighted by Gasteiger charge is -2.14. The molecule has 0 bridgehead atoms. The first-order valence-electron chi connectivity index (χ1n) is 8.99. The molecular formula is C22H17IN4O4. The van der Waals surface area contributed by atoms with Gasteiger partial charge in [-0.15, -0.1) is 0 Å². The molecule has 0 aliphatic heterocycles. The summed E-state index contributed by atoms with van der Waals surface area (Å²) in [5.41, 5.74) is 10.7. The molecule has 1 aliphatic rings. The molecular weight excluding hydrogens is 511 g/mol. The molecule has 0 radical (unpaired) electrons. The molecule has 31 heavy (non-hydrogen) atoms. The standard InChI is InChI=1S/C22H17IN4O4/c1-10-13(19-11(2)15(8-25)22(26)27-20(19)14(10)7-24)4-12-5-16(23)21(17(6-12)30-3)31-9-18(28)29/h4-6H,9H2,1-3H3,(H2,26,27)(H,28,29). The first-order chi connectivity index (χ1) is 14.7. The molecule has 0 fully saturated rings. The highest BCUT2D eigenvalue weighted by molar-refractivity contribution is 14.1. The molecule has 1 aromatic carbocycles. The van der Waals surface area contributed by atoms with Crippen molar-refractivity contribution in [1.29, 1.82) is 10.5 Å². The highest BCUT2D eigenvalue weighted by atomic mass is 127. The van der Waals surface area contributed by atoms with Crippen LogP contribution in [0.15, 0.2) is 17.7 Å². The summed E-state index contributed by atoms with van der Waals surface area (Å²) in [7, 11) is 1.47. The van der Waals surface area contributed by atoms with Crippen molar-refractivity contribution < 1.29 is 19.4 Å². The van der Waals surface area contributed by atoms with Crippen LogP contribution in [0.4, 0.5) is 5.82 Å². The highest BCUT2D eigenvalue weighted by Crippen LogP contribution is 2.45. The number of carbonyl (C=O) groups is 1. The smallest absolute Gasteiger partial charge is 0.341 e. The van der Waals surface area contributed by atoms with E-state index in [1.165, 1.54) is 7.11 Å². The fourth-order valence-electron chi connectivity index (χ4n) is 3.46. The Kier molecular flexibility index (Phi) is 6.18. The lowest BCUT2D eigenvalue weighted by molar-refractivity contribution is -0.139. The third-order valence-corrected chi connectivity index (χ3v) is 5.69. The van der Waals surface area contributed by atoms with Crippen LogP contribution in [0.25, 0.3) is 17.2 Å². The molecule has 3 N–H and O–H groups in total. The van der Waals surface area contributed by atoms with Crippen LogP contribution >= 0.6 is 22.6 Å². The molecule has 1 heterocycles. The number of hydrogen-bond donors (Lipinski definition) is 2. The minimum Gasteiger partial charge on any atom is -0.493 e. The van der Waals surface area contributed by atoms with Crippen LogP contribution in [-0.4, -0.2) is 29.8 Å². The van der Waals surface area contributed by atoms with Crippen molar-refractivity contribution in [2.24, 2.45) is 0 Å². The lowest BCUT2D eigenvalue weighted by Crippen LogP contribution is -2.11. The number of methoxy groups -OCH3 is 1. The molecule has 0 amide bonds. The Labute approximate surface area is 192 Å². The number of carboxylic acids is 1. The topological polar surface area (TPSA) is 142 Å². The summed E-state index contributed by atoms with van der Waals surface area (Å²) in [6.07, 6.45) is 1.87. The van der Waals surface area contributed by atoms with Gasteiger partial charge in [-0.25, -0.2) is 9.78 Å². The number of nitrogens with two attached hydrogens (primary N) is 1. The monoisotopic (exact) mass is 528 g/mol. The summed E-state index contributed by atoms with van der Waals surface area (Å²) >= 11 is 2.04. The van der Waals surface area contributed by atoms with Crippen molar-refractivity contribution in [2.75, 3.05) is 19.5 Å². The van der Waals surface area contributed by atoms with Gasteiger partial charge in [0.2, 0.25) is 0 Å². The highest BCUT2D eigenvalue weighted by Gasteiger charge is 2.29. The number of anilines is 1. The van der Waals surface area contributed by atoms with Crippen LogP contribution in [0.2, 0.25) is 0 Å². The van der Waals surface area contributed by atoms with Gasteiger partial charge in [0.1, 0.15) is 18.0 Å². The molecule has 2 aromatic rings. The molecule has 0 atom stereocenters. The number of ether oxygens (including phenoxy) is 2. The van der Waals surface area contributed by atoms with Gasteiger partial charge >= 0.3 is 5.97 Å². The van der Waals surface area contributed by atoms with Gasteiger partial charge in [-0.1, -0.05) is 0 Å². The Bertz CT molecular complexity index is 1270. The number of rotatable bonds is 5. The lowest BCUT2D eigenvalue weighted by atomic mass is 9.95. The number of benzene rings is 1. The van der Waals surface area contributed by atoms with Crippen molar-refractivity contribution in [3.05, 3.63) is 49.2 Å². The van der Waals surface area contributed by atoms with Crippen LogP contribution in [0.1, 0.15) is 34.9 Å². The van der Waals surface area contributed by atoms with E-state index in [1.54, 1.807) is 13.0 Å². The van der Waals surface area contributed by atoms with Crippen molar-refractivity contribution in [2.45, 2.75) is 13.8 Å². The molecule has 0 unspecified atom stereocenters. The first kappa shape index (κ1) is 22.1. The molecule has 8 nitrogen and oxygen atoms in total. The van der Waals surface area contributed by atoms with E-state index in [-0.39, 0.29) is 11.4 Å². The zero-order valence-electron chi connectivity index (χ0n) is 16.9. The van der Waals surface area contributed by atoms with Crippen LogP contribution in [0.5, 0.6) is 11.5 Å². The number of aromatic nitrogens is 1. The minimum atomic E-state index is -1.09. The summed E-state index contributed by atoms with van der Waals surface area (Å²) in [5.74, 6) is -0.282. The third-order valence-electron chi connectivity index (χ3n) is 4.89. The first-order valence-corrected chi connectivity index (χ1v) is 10.1. The number of allylic oxidation sites excluding steroid dienone is 3. The van der Waals surface area contributed by atoms with E-state index in [4.69, 9.17) is 20.3 Å². The molecule has 1 aliphatic carbocycles. The number of hydrogen-bond acceptors (Lipinski definition) is 7.